The van der Waals surface area contributed by atoms with E-state index in [0.29, 0.717) is 12.8 Å². The quantitative estimate of drug-likeness (QED) is 0.0261. The van der Waals surface area contributed by atoms with Gasteiger partial charge in [-0.3, -0.25) is 4.79 Å². The first kappa shape index (κ1) is 82.4. The fourth-order valence-corrected chi connectivity index (χ4v) is 11.7. The smallest absolute Gasteiger partial charge is 0.220 e. The molecule has 1 aliphatic rings. The van der Waals surface area contributed by atoms with E-state index in [9.17, 15) is 30.3 Å². The minimum atomic E-state index is -1.56. The molecule has 0 bridgehead atoms. The molecule has 7 unspecified atom stereocenters. The molecule has 0 aromatic rings. The van der Waals surface area contributed by atoms with Crippen molar-refractivity contribution in [2.75, 3.05) is 13.2 Å². The number of hydrogen-bond acceptors (Lipinski definition) is 8. The van der Waals surface area contributed by atoms with Crippen LogP contribution in [0.2, 0.25) is 0 Å². The fraction of sp³-hybridized carbons (Fsp3) is 0.808. The molecular weight excluding hydrogens is 1080 g/mol. The van der Waals surface area contributed by atoms with E-state index in [1.165, 1.54) is 238 Å². The first-order chi connectivity index (χ1) is 42.8. The molecule has 1 aliphatic heterocycles. The Morgan fingerprint density at radius 2 is 0.713 bits per heavy atom. The van der Waals surface area contributed by atoms with Gasteiger partial charge in [-0.25, -0.2) is 0 Å². The zero-order valence-corrected chi connectivity index (χ0v) is 56.8. The number of amides is 1. The van der Waals surface area contributed by atoms with Crippen LogP contribution >= 0.6 is 0 Å². The summed E-state index contributed by atoms with van der Waals surface area (Å²) in [5, 5.41) is 55.0. The summed E-state index contributed by atoms with van der Waals surface area (Å²) >= 11 is 0. The van der Waals surface area contributed by atoms with Gasteiger partial charge in [-0.2, -0.15) is 0 Å². The third kappa shape index (κ3) is 54.8. The van der Waals surface area contributed by atoms with Gasteiger partial charge in [0.25, 0.3) is 0 Å². The molecule has 0 saturated carbocycles. The molecule has 0 aromatic heterocycles. The van der Waals surface area contributed by atoms with Crippen LogP contribution in [-0.2, 0) is 14.3 Å². The summed E-state index contributed by atoms with van der Waals surface area (Å²) in [5.74, 6) is -0.140. The SMILES string of the molecule is CC/C=C\C/C=C\C/C=C\C/C=C\C/C=C\C/C=C\C/C=C\CCCCCCCCCCCCCCCCCCCC(=O)NC(COC1OC(CO)C(O)C(O)C1O)C(O)CCCCCCCCCCCCCCCCCCCCCCCCCCC. The Morgan fingerprint density at radius 3 is 1.06 bits per heavy atom. The van der Waals surface area contributed by atoms with Crippen LogP contribution in [0.5, 0.6) is 0 Å². The van der Waals surface area contributed by atoms with Crippen molar-refractivity contribution in [2.45, 2.75) is 391 Å². The number of carbonyl (C=O) groups excluding carboxylic acids is 1. The lowest BCUT2D eigenvalue weighted by Crippen LogP contribution is -2.60. The van der Waals surface area contributed by atoms with Gasteiger partial charge in [0.1, 0.15) is 24.4 Å². The number of unbranched alkanes of at least 4 members (excludes halogenated alkanes) is 41. The lowest BCUT2D eigenvalue weighted by Gasteiger charge is -2.40. The number of nitrogens with one attached hydrogen (secondary N) is 1. The van der Waals surface area contributed by atoms with Crippen LogP contribution in [0, 0.1) is 0 Å². The number of ether oxygens (including phenoxy) is 2. The molecule has 9 nitrogen and oxygen atoms in total. The molecule has 1 fully saturated rings. The minimum Gasteiger partial charge on any atom is -0.394 e. The highest BCUT2D eigenvalue weighted by molar-refractivity contribution is 5.76. The Hall–Kier alpha value is -2.63. The van der Waals surface area contributed by atoms with Crippen molar-refractivity contribution in [3.63, 3.8) is 0 Å². The van der Waals surface area contributed by atoms with Crippen molar-refractivity contribution in [3.05, 3.63) is 85.1 Å². The molecule has 0 aliphatic carbocycles. The Kier molecular flexibility index (Phi) is 62.8. The maximum absolute atomic E-state index is 13.2. The summed E-state index contributed by atoms with van der Waals surface area (Å²) in [6.07, 6.45) is 88.0. The predicted octanol–water partition coefficient (Wildman–Crippen LogP) is 20.9. The number of aliphatic hydroxyl groups is 5. The van der Waals surface area contributed by atoms with E-state index in [0.717, 1.165) is 83.5 Å². The van der Waals surface area contributed by atoms with Crippen LogP contribution in [0.15, 0.2) is 85.1 Å². The largest absolute Gasteiger partial charge is 0.394 e. The summed E-state index contributed by atoms with van der Waals surface area (Å²) in [4.78, 5) is 13.2. The van der Waals surface area contributed by atoms with E-state index in [4.69, 9.17) is 9.47 Å². The molecule has 1 saturated heterocycles. The predicted molar refractivity (Wildman–Crippen MR) is 373 cm³/mol. The van der Waals surface area contributed by atoms with Gasteiger partial charge in [-0.05, 0) is 70.6 Å². The van der Waals surface area contributed by atoms with E-state index in [-0.39, 0.29) is 12.5 Å². The van der Waals surface area contributed by atoms with Crippen LogP contribution in [0.1, 0.15) is 348 Å². The number of aliphatic hydroxyl groups excluding tert-OH is 5. The van der Waals surface area contributed by atoms with Gasteiger partial charge < -0.3 is 40.3 Å². The second-order valence-corrected chi connectivity index (χ2v) is 25.7. The summed E-state index contributed by atoms with van der Waals surface area (Å²) in [6, 6.07) is -0.723. The summed E-state index contributed by atoms with van der Waals surface area (Å²) in [5.41, 5.74) is 0. The second kappa shape index (κ2) is 66.3. The van der Waals surface area contributed by atoms with Gasteiger partial charge in [-0.1, -0.05) is 356 Å². The van der Waals surface area contributed by atoms with Crippen molar-refractivity contribution in [1.29, 1.82) is 0 Å². The standard InChI is InChI=1S/C78H141NO8/c1-3-5-7-9-11-13-15-17-19-21-23-25-27-29-30-31-32-33-34-35-36-37-38-39-40-41-42-44-46-48-50-52-54-56-58-60-62-64-66-68-74(82)79-71(70-86-78-77(85)76(84)75(83)73(69-80)87-78)72(81)67-65-63-61-59-57-55-53-51-49-47-45-43-28-26-24-22-20-18-16-14-12-10-8-6-4-2/h5,7,11,13,17,19,23,25,29-30,32-33,35-36,71-73,75-78,80-81,83-85H,3-4,6,8-10,12,14-16,18,20-22,24,26-28,31,34,37-70H2,1-2H3,(H,79,82)/b7-5-,13-11-,19-17-,25-23-,30-29-,33-32-,36-35-. The van der Waals surface area contributed by atoms with E-state index >= 15 is 0 Å². The summed E-state index contributed by atoms with van der Waals surface area (Å²) < 4.78 is 11.4. The van der Waals surface area contributed by atoms with Gasteiger partial charge in [0.15, 0.2) is 6.29 Å². The van der Waals surface area contributed by atoms with Gasteiger partial charge in [0.2, 0.25) is 5.91 Å². The second-order valence-electron chi connectivity index (χ2n) is 25.7. The van der Waals surface area contributed by atoms with E-state index in [1.54, 1.807) is 0 Å². The first-order valence-corrected chi connectivity index (χ1v) is 37.3. The van der Waals surface area contributed by atoms with Crippen molar-refractivity contribution in [1.82, 2.24) is 5.32 Å². The molecule has 6 N–H and O–H groups in total. The summed E-state index contributed by atoms with van der Waals surface area (Å²) in [7, 11) is 0. The van der Waals surface area contributed by atoms with E-state index in [1.807, 2.05) is 0 Å². The highest BCUT2D eigenvalue weighted by atomic mass is 16.7. The van der Waals surface area contributed by atoms with Crippen LogP contribution in [-0.4, -0.2) is 87.5 Å². The Bertz CT molecular complexity index is 1650. The molecule has 1 amide bonds. The average Bonchev–Trinajstić information content (AvgIpc) is 3.38. The van der Waals surface area contributed by atoms with Crippen molar-refractivity contribution in [2.24, 2.45) is 0 Å². The first-order valence-electron chi connectivity index (χ1n) is 37.3. The van der Waals surface area contributed by atoms with Crippen LogP contribution in [0.25, 0.3) is 0 Å². The molecule has 0 radical (unpaired) electrons. The van der Waals surface area contributed by atoms with Crippen molar-refractivity contribution in [3.8, 4) is 0 Å². The highest BCUT2D eigenvalue weighted by Crippen LogP contribution is 2.24. The van der Waals surface area contributed by atoms with Gasteiger partial charge in [-0.15, -0.1) is 0 Å². The molecule has 87 heavy (non-hydrogen) atoms. The van der Waals surface area contributed by atoms with Crippen LogP contribution < -0.4 is 5.32 Å². The number of rotatable bonds is 65. The monoisotopic (exact) mass is 1220 g/mol. The molecular formula is C78H141NO8. The number of carbonyl (C=O) groups is 1. The Labute approximate surface area is 537 Å². The molecule has 7 atom stereocenters. The maximum Gasteiger partial charge on any atom is 0.220 e. The number of allylic oxidation sites excluding steroid dienone is 14. The molecule has 1 heterocycles. The lowest BCUT2D eigenvalue weighted by molar-refractivity contribution is -0.302. The zero-order chi connectivity index (χ0) is 62.8. The van der Waals surface area contributed by atoms with Crippen molar-refractivity contribution < 1.29 is 39.8 Å². The third-order valence-corrected chi connectivity index (χ3v) is 17.5. The number of hydrogen-bond donors (Lipinski definition) is 6. The van der Waals surface area contributed by atoms with E-state index in [2.05, 4.69) is 104 Å². The average molecular weight is 1220 g/mol. The highest BCUT2D eigenvalue weighted by Gasteiger charge is 2.44. The molecule has 1 rings (SSSR count). The molecule has 0 spiro atoms. The summed E-state index contributed by atoms with van der Waals surface area (Å²) in [6.45, 7) is 3.77. The normalized spacial score (nSPS) is 18.4. The minimum absolute atomic E-state index is 0.137. The van der Waals surface area contributed by atoms with Crippen LogP contribution in [0.3, 0.4) is 0 Å². The van der Waals surface area contributed by atoms with Gasteiger partial charge in [0.05, 0.1) is 25.4 Å². The molecule has 0 aromatic carbocycles. The van der Waals surface area contributed by atoms with Gasteiger partial charge >= 0.3 is 0 Å². The Balaban J connectivity index is 2.08. The zero-order valence-electron chi connectivity index (χ0n) is 56.8. The van der Waals surface area contributed by atoms with E-state index < -0.39 is 49.5 Å². The molecule has 506 valence electrons. The third-order valence-electron chi connectivity index (χ3n) is 17.5. The molecule has 9 heteroatoms. The Morgan fingerprint density at radius 1 is 0.402 bits per heavy atom. The topological polar surface area (TPSA) is 149 Å². The van der Waals surface area contributed by atoms with Gasteiger partial charge in [0, 0.05) is 6.42 Å². The lowest BCUT2D eigenvalue weighted by atomic mass is 9.99. The maximum atomic E-state index is 13.2. The van der Waals surface area contributed by atoms with Crippen LogP contribution in [0.4, 0.5) is 0 Å². The van der Waals surface area contributed by atoms with Crippen molar-refractivity contribution >= 4 is 5.91 Å². The fourth-order valence-electron chi connectivity index (χ4n) is 11.7.